The molecule has 0 radical (unpaired) electrons. The molecule has 1 aromatic carbocycles. The third-order valence-corrected chi connectivity index (χ3v) is 2.35. The SMILES string of the molecule is COc1ccc(C(=O)NOCC2=CCNO2)cc1. The van der Waals surface area contributed by atoms with Gasteiger partial charge in [0.15, 0.2) is 0 Å². The molecule has 2 N–H and O–H groups in total. The molecule has 0 atom stereocenters. The van der Waals surface area contributed by atoms with Gasteiger partial charge in [-0.2, -0.15) is 5.48 Å². The summed E-state index contributed by atoms with van der Waals surface area (Å²) in [5.41, 5.74) is 5.49. The Morgan fingerprint density at radius 1 is 1.44 bits per heavy atom. The maximum atomic E-state index is 11.7. The van der Waals surface area contributed by atoms with Crippen molar-refractivity contribution >= 4 is 5.91 Å². The Labute approximate surface area is 104 Å². The number of carbonyl (C=O) groups excluding carboxylic acids is 1. The van der Waals surface area contributed by atoms with Crippen LogP contribution >= 0.6 is 0 Å². The zero-order valence-electron chi connectivity index (χ0n) is 9.93. The predicted octanol–water partition coefficient (Wildman–Crippen LogP) is 0.775. The standard InChI is InChI=1S/C12H14N2O4/c1-16-10-4-2-9(3-5-10)12(15)14-17-8-11-6-7-13-18-11/h2-6,13H,7-8H2,1H3,(H,14,15). The van der Waals surface area contributed by atoms with Gasteiger partial charge in [-0.1, -0.05) is 0 Å². The highest BCUT2D eigenvalue weighted by Crippen LogP contribution is 2.11. The molecule has 0 aliphatic carbocycles. The molecule has 0 unspecified atom stereocenters. The van der Waals surface area contributed by atoms with Crippen LogP contribution in [-0.4, -0.2) is 26.2 Å². The van der Waals surface area contributed by atoms with Gasteiger partial charge in [0.1, 0.15) is 18.1 Å². The highest BCUT2D eigenvalue weighted by Gasteiger charge is 2.08. The maximum absolute atomic E-state index is 11.7. The lowest BCUT2D eigenvalue weighted by Crippen LogP contribution is -2.25. The zero-order valence-corrected chi connectivity index (χ0v) is 9.93. The molecule has 6 nitrogen and oxygen atoms in total. The molecule has 1 aliphatic rings. The van der Waals surface area contributed by atoms with Crippen LogP contribution in [-0.2, 0) is 9.68 Å². The Hall–Kier alpha value is -2.05. The van der Waals surface area contributed by atoms with E-state index in [1.807, 2.05) is 6.08 Å². The van der Waals surface area contributed by atoms with Crippen molar-refractivity contribution < 1.29 is 19.2 Å². The molecule has 1 amide bonds. The number of carbonyl (C=O) groups is 1. The monoisotopic (exact) mass is 250 g/mol. The molecule has 0 aromatic heterocycles. The highest BCUT2D eigenvalue weighted by atomic mass is 16.7. The van der Waals surface area contributed by atoms with Gasteiger partial charge >= 0.3 is 0 Å². The van der Waals surface area contributed by atoms with Gasteiger partial charge in [0.25, 0.3) is 5.91 Å². The van der Waals surface area contributed by atoms with E-state index in [-0.39, 0.29) is 12.5 Å². The van der Waals surface area contributed by atoms with Crippen LogP contribution in [0, 0.1) is 0 Å². The van der Waals surface area contributed by atoms with E-state index in [4.69, 9.17) is 14.4 Å². The van der Waals surface area contributed by atoms with E-state index in [1.165, 1.54) is 0 Å². The van der Waals surface area contributed by atoms with Crippen LogP contribution in [0.1, 0.15) is 10.4 Å². The molecule has 1 aromatic rings. The van der Waals surface area contributed by atoms with Gasteiger partial charge in [0, 0.05) is 5.56 Å². The number of benzene rings is 1. The number of methoxy groups -OCH3 is 1. The second-order valence-corrected chi connectivity index (χ2v) is 3.57. The molecular weight excluding hydrogens is 236 g/mol. The molecule has 1 heterocycles. The van der Waals surface area contributed by atoms with Crippen molar-refractivity contribution in [3.63, 3.8) is 0 Å². The predicted molar refractivity (Wildman–Crippen MR) is 63.6 cm³/mol. The minimum absolute atomic E-state index is 0.189. The first-order valence-corrected chi connectivity index (χ1v) is 5.44. The molecular formula is C12H14N2O4. The molecule has 96 valence electrons. The fraction of sp³-hybridized carbons (Fsp3) is 0.250. The molecule has 1 aliphatic heterocycles. The van der Waals surface area contributed by atoms with E-state index in [0.29, 0.717) is 23.6 Å². The lowest BCUT2D eigenvalue weighted by molar-refractivity contribution is 0.0171. The molecule has 6 heteroatoms. The van der Waals surface area contributed by atoms with E-state index in [2.05, 4.69) is 11.0 Å². The number of hydroxylamine groups is 2. The number of hydrogen-bond acceptors (Lipinski definition) is 5. The van der Waals surface area contributed by atoms with Crippen molar-refractivity contribution in [3.8, 4) is 5.75 Å². The maximum Gasteiger partial charge on any atom is 0.274 e. The van der Waals surface area contributed by atoms with Crippen molar-refractivity contribution in [1.82, 2.24) is 11.0 Å². The van der Waals surface area contributed by atoms with Gasteiger partial charge in [0.2, 0.25) is 0 Å². The smallest absolute Gasteiger partial charge is 0.274 e. The summed E-state index contributed by atoms with van der Waals surface area (Å²) in [4.78, 5) is 21.7. The van der Waals surface area contributed by atoms with Crippen LogP contribution in [0.4, 0.5) is 0 Å². The van der Waals surface area contributed by atoms with Gasteiger partial charge in [0.05, 0.1) is 13.7 Å². The van der Waals surface area contributed by atoms with Crippen LogP contribution in [0.15, 0.2) is 36.1 Å². The summed E-state index contributed by atoms with van der Waals surface area (Å²) in [7, 11) is 1.57. The summed E-state index contributed by atoms with van der Waals surface area (Å²) in [5.74, 6) is 1.03. The quantitative estimate of drug-likeness (QED) is 0.756. The lowest BCUT2D eigenvalue weighted by atomic mass is 10.2. The minimum atomic E-state index is -0.316. The fourth-order valence-corrected chi connectivity index (χ4v) is 1.39. The second-order valence-electron chi connectivity index (χ2n) is 3.57. The van der Waals surface area contributed by atoms with Crippen molar-refractivity contribution in [2.75, 3.05) is 20.3 Å². The number of ether oxygens (including phenoxy) is 1. The van der Waals surface area contributed by atoms with Gasteiger partial charge in [-0.25, -0.2) is 5.48 Å². The minimum Gasteiger partial charge on any atom is -0.497 e. The molecule has 0 saturated carbocycles. The lowest BCUT2D eigenvalue weighted by Gasteiger charge is -2.07. The van der Waals surface area contributed by atoms with Crippen LogP contribution in [0.5, 0.6) is 5.75 Å². The molecule has 0 fully saturated rings. The van der Waals surface area contributed by atoms with E-state index in [1.54, 1.807) is 31.4 Å². The number of rotatable bonds is 5. The Balaban J connectivity index is 1.79. The largest absolute Gasteiger partial charge is 0.497 e. The number of amides is 1. The molecule has 2 rings (SSSR count). The third-order valence-electron chi connectivity index (χ3n) is 2.35. The van der Waals surface area contributed by atoms with Gasteiger partial charge in [-0.15, -0.1) is 0 Å². The first kappa shape index (κ1) is 12.4. The van der Waals surface area contributed by atoms with Crippen molar-refractivity contribution in [2.24, 2.45) is 0 Å². The first-order chi connectivity index (χ1) is 8.79. The van der Waals surface area contributed by atoms with Crippen LogP contribution in [0.3, 0.4) is 0 Å². The highest BCUT2D eigenvalue weighted by molar-refractivity contribution is 5.93. The van der Waals surface area contributed by atoms with Crippen molar-refractivity contribution in [3.05, 3.63) is 41.7 Å². The molecule has 18 heavy (non-hydrogen) atoms. The Morgan fingerprint density at radius 3 is 2.83 bits per heavy atom. The third kappa shape index (κ3) is 3.22. The van der Waals surface area contributed by atoms with Gasteiger partial charge in [-0.3, -0.25) is 9.63 Å². The van der Waals surface area contributed by atoms with Crippen molar-refractivity contribution in [2.45, 2.75) is 0 Å². The summed E-state index contributed by atoms with van der Waals surface area (Å²) < 4.78 is 5.00. The number of hydrogen-bond donors (Lipinski definition) is 2. The Morgan fingerprint density at radius 2 is 2.22 bits per heavy atom. The van der Waals surface area contributed by atoms with E-state index < -0.39 is 0 Å². The van der Waals surface area contributed by atoms with Crippen molar-refractivity contribution in [1.29, 1.82) is 0 Å². The Bertz CT molecular complexity index is 442. The topological polar surface area (TPSA) is 68.8 Å². The second kappa shape index (κ2) is 6.04. The molecule has 0 saturated heterocycles. The van der Waals surface area contributed by atoms with Crippen LogP contribution < -0.4 is 15.7 Å². The first-order valence-electron chi connectivity index (χ1n) is 5.44. The zero-order chi connectivity index (χ0) is 12.8. The van der Waals surface area contributed by atoms with Gasteiger partial charge in [-0.05, 0) is 30.3 Å². The van der Waals surface area contributed by atoms with E-state index >= 15 is 0 Å². The summed E-state index contributed by atoms with van der Waals surface area (Å²) >= 11 is 0. The fourth-order valence-electron chi connectivity index (χ4n) is 1.39. The molecule has 0 spiro atoms. The average molecular weight is 250 g/mol. The summed E-state index contributed by atoms with van der Waals surface area (Å²) in [6.07, 6.45) is 1.83. The summed E-state index contributed by atoms with van der Waals surface area (Å²) in [5, 5.41) is 0. The van der Waals surface area contributed by atoms with Gasteiger partial charge < -0.3 is 9.57 Å². The summed E-state index contributed by atoms with van der Waals surface area (Å²) in [6.45, 7) is 0.833. The average Bonchev–Trinajstić information content (AvgIpc) is 2.92. The summed E-state index contributed by atoms with van der Waals surface area (Å²) in [6, 6.07) is 6.73. The van der Waals surface area contributed by atoms with E-state index in [9.17, 15) is 4.79 Å². The Kier molecular flexibility index (Phi) is 4.16. The normalized spacial score (nSPS) is 13.7. The van der Waals surface area contributed by atoms with Crippen LogP contribution in [0.2, 0.25) is 0 Å². The molecule has 0 bridgehead atoms. The van der Waals surface area contributed by atoms with Crippen LogP contribution in [0.25, 0.3) is 0 Å². The van der Waals surface area contributed by atoms with E-state index in [0.717, 1.165) is 0 Å². The number of nitrogens with one attached hydrogen (secondary N) is 2.